The van der Waals surface area contributed by atoms with Crippen molar-refractivity contribution in [3.05, 3.63) is 108 Å². The summed E-state index contributed by atoms with van der Waals surface area (Å²) in [5, 5.41) is 0. The van der Waals surface area contributed by atoms with Crippen LogP contribution in [0.5, 0.6) is 0 Å². The van der Waals surface area contributed by atoms with E-state index >= 15 is 0 Å². The van der Waals surface area contributed by atoms with Gasteiger partial charge in [0.25, 0.3) is 5.91 Å². The van der Waals surface area contributed by atoms with Gasteiger partial charge in [-0.2, -0.15) is 0 Å². The zero-order valence-electron chi connectivity index (χ0n) is 21.4. The van der Waals surface area contributed by atoms with Crippen molar-refractivity contribution >= 4 is 23.6 Å². The van der Waals surface area contributed by atoms with Gasteiger partial charge in [0.15, 0.2) is 0 Å². The normalized spacial score (nSPS) is 23.9. The number of hydrogen-bond donors (Lipinski definition) is 0. The fourth-order valence-electron chi connectivity index (χ4n) is 5.87. The highest BCUT2D eigenvalue weighted by atomic mass is 16.5. The molecule has 7 nitrogen and oxygen atoms in total. The molecular weight excluding hydrogens is 480 g/mol. The van der Waals surface area contributed by atoms with Gasteiger partial charge in [-0.05, 0) is 37.1 Å². The molecule has 0 aliphatic carbocycles. The van der Waals surface area contributed by atoms with Crippen LogP contribution < -0.4 is 0 Å². The molecule has 3 heterocycles. The number of aliphatic imine (C=N–C) groups is 1. The van der Waals surface area contributed by atoms with Gasteiger partial charge in [0.2, 0.25) is 0 Å². The molecule has 0 aromatic heterocycles. The van der Waals surface area contributed by atoms with Crippen molar-refractivity contribution in [3.8, 4) is 0 Å². The van der Waals surface area contributed by atoms with Gasteiger partial charge in [-0.3, -0.25) is 19.4 Å². The molecule has 0 radical (unpaired) electrons. The summed E-state index contributed by atoms with van der Waals surface area (Å²) in [6.07, 6.45) is 0. The van der Waals surface area contributed by atoms with E-state index in [1.807, 2.05) is 66.7 Å². The first-order chi connectivity index (χ1) is 18.5. The van der Waals surface area contributed by atoms with E-state index in [-0.39, 0.29) is 25.7 Å². The van der Waals surface area contributed by atoms with Crippen molar-refractivity contribution in [2.24, 2.45) is 16.8 Å². The zero-order chi connectivity index (χ0) is 26.7. The summed E-state index contributed by atoms with van der Waals surface area (Å²) in [7, 11) is 0. The number of hydrogen-bond acceptors (Lipinski definition) is 6. The van der Waals surface area contributed by atoms with Crippen LogP contribution in [0.25, 0.3) is 0 Å². The Kier molecular flexibility index (Phi) is 7.09. The molecule has 1 fully saturated rings. The first kappa shape index (κ1) is 25.4. The molecule has 38 heavy (non-hydrogen) atoms. The third-order valence-corrected chi connectivity index (χ3v) is 7.30. The molecule has 7 heteroatoms. The number of piperidine rings is 1. The Morgan fingerprint density at radius 3 is 1.97 bits per heavy atom. The number of rotatable bonds is 7. The molecule has 4 atom stereocenters. The van der Waals surface area contributed by atoms with E-state index in [0.717, 1.165) is 5.56 Å². The largest absolute Gasteiger partial charge is 0.466 e. The van der Waals surface area contributed by atoms with Gasteiger partial charge in [-0.25, -0.2) is 0 Å². The molecular formula is C31H30N2O5. The lowest BCUT2D eigenvalue weighted by Crippen LogP contribution is -2.73. The number of carbonyl (C=O) groups is 3. The minimum atomic E-state index is -1.41. The standard InChI is InChI=1S/C31H30N2O5/c1-3-37-29(35)25-24-20-33(28(34)22-16-10-6-11-17-22)31(23-18-12-7-13-19-23,26(25)30(36)38-4-2)27(32-24)21-14-8-5-9-15-21/h5-19,24-26H,3-4,20H2,1-2H3. The highest BCUT2D eigenvalue weighted by Crippen LogP contribution is 2.53. The summed E-state index contributed by atoms with van der Waals surface area (Å²) in [6.45, 7) is 3.91. The summed E-state index contributed by atoms with van der Waals surface area (Å²) < 4.78 is 11.1. The number of carbonyl (C=O) groups excluding carboxylic acids is 3. The quantitative estimate of drug-likeness (QED) is 0.443. The smallest absolute Gasteiger partial charge is 0.313 e. The fraction of sp³-hybridized carbons (Fsp3) is 0.290. The maximum absolute atomic E-state index is 14.3. The molecule has 0 saturated carbocycles. The Morgan fingerprint density at radius 1 is 0.816 bits per heavy atom. The van der Waals surface area contributed by atoms with Gasteiger partial charge in [0.05, 0.1) is 30.9 Å². The van der Waals surface area contributed by atoms with E-state index in [1.165, 1.54) is 0 Å². The Labute approximate surface area is 222 Å². The molecule has 6 rings (SSSR count). The predicted molar refractivity (Wildman–Crippen MR) is 143 cm³/mol. The molecule has 3 aromatic carbocycles. The molecule has 0 spiro atoms. The van der Waals surface area contributed by atoms with Crippen molar-refractivity contribution < 1.29 is 23.9 Å². The second-order valence-electron chi connectivity index (χ2n) is 9.33. The molecule has 1 saturated heterocycles. The van der Waals surface area contributed by atoms with E-state index in [4.69, 9.17) is 14.5 Å². The molecule has 3 aromatic rings. The van der Waals surface area contributed by atoms with Crippen LogP contribution in [0.2, 0.25) is 0 Å². The average Bonchev–Trinajstić information content (AvgIpc) is 2.97. The molecule has 0 N–H and O–H groups in total. The van der Waals surface area contributed by atoms with E-state index in [1.54, 1.807) is 43.0 Å². The maximum Gasteiger partial charge on any atom is 0.313 e. The Bertz CT molecular complexity index is 1340. The number of amides is 1. The summed E-state index contributed by atoms with van der Waals surface area (Å²) in [5.74, 6) is -3.31. The van der Waals surface area contributed by atoms with Crippen LogP contribution in [-0.2, 0) is 24.6 Å². The van der Waals surface area contributed by atoms with Crippen molar-refractivity contribution in [1.82, 2.24) is 4.90 Å². The van der Waals surface area contributed by atoms with Gasteiger partial charge in [0, 0.05) is 12.1 Å². The SMILES string of the molecule is CCOC(=O)C1C2CN(C(=O)c3ccccc3)C(c3ccccc3)(C(c3ccccc3)=N2)C1C(=O)OCC. The summed E-state index contributed by atoms with van der Waals surface area (Å²) in [6, 6.07) is 27.2. The third kappa shape index (κ3) is 4.08. The second kappa shape index (κ2) is 10.6. The monoisotopic (exact) mass is 510 g/mol. The molecule has 3 aliphatic heterocycles. The van der Waals surface area contributed by atoms with E-state index < -0.39 is 35.4 Å². The van der Waals surface area contributed by atoms with E-state index in [2.05, 4.69) is 0 Å². The van der Waals surface area contributed by atoms with Crippen LogP contribution in [0.3, 0.4) is 0 Å². The summed E-state index contributed by atoms with van der Waals surface area (Å²) in [4.78, 5) is 48.5. The minimum Gasteiger partial charge on any atom is -0.466 e. The number of fused-ring (bicyclic) bond motifs is 2. The highest BCUT2D eigenvalue weighted by Gasteiger charge is 2.67. The van der Waals surface area contributed by atoms with Crippen molar-refractivity contribution in [3.63, 3.8) is 0 Å². The second-order valence-corrected chi connectivity index (χ2v) is 9.33. The highest BCUT2D eigenvalue weighted by molar-refractivity contribution is 6.15. The van der Waals surface area contributed by atoms with Crippen LogP contribution in [0.1, 0.15) is 35.3 Å². The Hall–Kier alpha value is -4.26. The van der Waals surface area contributed by atoms with Gasteiger partial charge in [-0.15, -0.1) is 0 Å². The molecule has 1 amide bonds. The van der Waals surface area contributed by atoms with Gasteiger partial charge >= 0.3 is 11.9 Å². The summed E-state index contributed by atoms with van der Waals surface area (Å²) >= 11 is 0. The van der Waals surface area contributed by atoms with Crippen LogP contribution >= 0.6 is 0 Å². The summed E-state index contributed by atoms with van der Waals surface area (Å²) in [5.41, 5.74) is 1.08. The van der Waals surface area contributed by atoms with E-state index in [0.29, 0.717) is 16.8 Å². The number of ether oxygens (including phenoxy) is 2. The van der Waals surface area contributed by atoms with Crippen molar-refractivity contribution in [2.45, 2.75) is 25.4 Å². The van der Waals surface area contributed by atoms with E-state index in [9.17, 15) is 14.4 Å². The zero-order valence-corrected chi connectivity index (χ0v) is 21.4. The third-order valence-electron chi connectivity index (χ3n) is 7.30. The first-order valence-electron chi connectivity index (χ1n) is 12.9. The number of nitrogens with zero attached hydrogens (tertiary/aromatic N) is 2. The van der Waals surface area contributed by atoms with Crippen LogP contribution in [-0.4, -0.2) is 54.3 Å². The minimum absolute atomic E-state index is 0.130. The van der Waals surface area contributed by atoms with Gasteiger partial charge in [-0.1, -0.05) is 78.9 Å². The van der Waals surface area contributed by atoms with Gasteiger partial charge in [0.1, 0.15) is 11.5 Å². The Morgan fingerprint density at radius 2 is 1.37 bits per heavy atom. The number of benzene rings is 3. The molecule has 2 bridgehead atoms. The lowest BCUT2D eigenvalue weighted by atomic mass is 9.59. The van der Waals surface area contributed by atoms with Gasteiger partial charge < -0.3 is 14.4 Å². The Balaban J connectivity index is 1.84. The van der Waals surface area contributed by atoms with Crippen LogP contribution in [0.15, 0.2) is 96.0 Å². The molecule has 194 valence electrons. The van der Waals surface area contributed by atoms with Crippen LogP contribution in [0, 0.1) is 11.8 Å². The predicted octanol–water partition coefficient (Wildman–Crippen LogP) is 4.27. The fourth-order valence-corrected chi connectivity index (χ4v) is 5.87. The number of esters is 2. The van der Waals surface area contributed by atoms with Crippen molar-refractivity contribution in [2.75, 3.05) is 19.8 Å². The maximum atomic E-state index is 14.3. The van der Waals surface area contributed by atoms with Crippen LogP contribution in [0.4, 0.5) is 0 Å². The molecule has 3 aliphatic rings. The average molecular weight is 511 g/mol. The lowest BCUT2D eigenvalue weighted by molar-refractivity contribution is -0.171. The first-order valence-corrected chi connectivity index (χ1v) is 12.9. The van der Waals surface area contributed by atoms with Crippen molar-refractivity contribution in [1.29, 1.82) is 0 Å². The molecule has 4 unspecified atom stereocenters. The lowest BCUT2D eigenvalue weighted by Gasteiger charge is -2.58. The topological polar surface area (TPSA) is 85.3 Å².